The molecule has 0 unspecified atom stereocenters. The van der Waals surface area contributed by atoms with Crippen LogP contribution in [0.1, 0.15) is 5.69 Å². The third-order valence-corrected chi connectivity index (χ3v) is 2.85. The Morgan fingerprint density at radius 1 is 1.00 bits per heavy atom. The van der Waals surface area contributed by atoms with Gasteiger partial charge in [-0.2, -0.15) is 0 Å². The van der Waals surface area contributed by atoms with E-state index in [4.69, 9.17) is 9.15 Å². The Hall–Kier alpha value is -2.69. The number of hydrogen-bond acceptors (Lipinski definition) is 3. The van der Waals surface area contributed by atoms with E-state index in [1.54, 1.807) is 0 Å². The molecule has 5 heteroatoms. The van der Waals surface area contributed by atoms with Crippen molar-refractivity contribution in [3.05, 3.63) is 72.1 Å². The lowest BCUT2D eigenvalue weighted by molar-refractivity contribution is 0.298. The molecule has 2 aromatic carbocycles. The third-order valence-electron chi connectivity index (χ3n) is 2.85. The molecule has 0 amide bonds. The van der Waals surface area contributed by atoms with Crippen LogP contribution < -0.4 is 4.74 Å². The van der Waals surface area contributed by atoms with Gasteiger partial charge < -0.3 is 9.15 Å². The normalized spacial score (nSPS) is 10.6. The molecule has 0 radical (unpaired) electrons. The van der Waals surface area contributed by atoms with E-state index in [0.29, 0.717) is 11.6 Å². The van der Waals surface area contributed by atoms with E-state index in [0.717, 1.165) is 17.7 Å². The molecule has 0 aliphatic heterocycles. The van der Waals surface area contributed by atoms with Gasteiger partial charge in [0.25, 0.3) is 0 Å². The van der Waals surface area contributed by atoms with Crippen molar-refractivity contribution < 1.29 is 17.9 Å². The van der Waals surface area contributed by atoms with Crippen LogP contribution in [0, 0.1) is 11.6 Å². The Bertz CT molecular complexity index is 741. The predicted octanol–water partition coefficient (Wildman–Crippen LogP) is 4.20. The largest absolute Gasteiger partial charge is 0.487 e. The van der Waals surface area contributed by atoms with Gasteiger partial charge in [-0.15, -0.1) is 0 Å². The minimum Gasteiger partial charge on any atom is -0.487 e. The predicted molar refractivity (Wildman–Crippen MR) is 72.6 cm³/mol. The molecule has 1 aromatic heterocycles. The minimum absolute atomic E-state index is 0.113. The molecule has 0 spiro atoms. The molecular weight excluding hydrogens is 276 g/mol. The van der Waals surface area contributed by atoms with Crippen molar-refractivity contribution in [2.24, 2.45) is 0 Å². The van der Waals surface area contributed by atoms with Gasteiger partial charge in [-0.05, 0) is 24.3 Å². The lowest BCUT2D eigenvalue weighted by Gasteiger charge is -2.03. The second-order valence-electron chi connectivity index (χ2n) is 4.37. The van der Waals surface area contributed by atoms with E-state index < -0.39 is 11.6 Å². The van der Waals surface area contributed by atoms with Gasteiger partial charge in [-0.25, -0.2) is 13.8 Å². The number of aromatic nitrogens is 1. The molecule has 106 valence electrons. The van der Waals surface area contributed by atoms with Crippen LogP contribution in [0.3, 0.4) is 0 Å². The number of oxazole rings is 1. The fourth-order valence-electron chi connectivity index (χ4n) is 1.81. The van der Waals surface area contributed by atoms with Crippen LogP contribution >= 0.6 is 0 Å². The van der Waals surface area contributed by atoms with E-state index in [9.17, 15) is 8.78 Å². The SMILES string of the molecule is Fc1ccc(OCc2coc(-c3ccccc3)n2)cc1F. The Labute approximate surface area is 119 Å². The van der Waals surface area contributed by atoms with Crippen LogP contribution in [0.4, 0.5) is 8.78 Å². The molecule has 0 fully saturated rings. The standard InChI is InChI=1S/C16H11F2NO2/c17-14-7-6-13(8-15(14)18)20-9-12-10-21-16(19-12)11-4-2-1-3-5-11/h1-8,10H,9H2. The van der Waals surface area contributed by atoms with Gasteiger partial charge in [0, 0.05) is 11.6 Å². The molecule has 0 aliphatic carbocycles. The van der Waals surface area contributed by atoms with Crippen molar-refractivity contribution in [3.8, 4) is 17.2 Å². The number of hydrogen-bond donors (Lipinski definition) is 0. The highest BCUT2D eigenvalue weighted by molar-refractivity contribution is 5.52. The molecule has 0 saturated carbocycles. The summed E-state index contributed by atoms with van der Waals surface area (Å²) in [5.41, 5.74) is 1.43. The molecule has 3 aromatic rings. The summed E-state index contributed by atoms with van der Waals surface area (Å²) in [7, 11) is 0. The third kappa shape index (κ3) is 3.08. The zero-order chi connectivity index (χ0) is 14.7. The van der Waals surface area contributed by atoms with Gasteiger partial charge >= 0.3 is 0 Å². The summed E-state index contributed by atoms with van der Waals surface area (Å²) in [5, 5.41) is 0. The Morgan fingerprint density at radius 3 is 2.57 bits per heavy atom. The van der Waals surface area contributed by atoms with E-state index in [1.165, 1.54) is 12.3 Å². The smallest absolute Gasteiger partial charge is 0.226 e. The monoisotopic (exact) mass is 287 g/mol. The first-order chi connectivity index (χ1) is 10.2. The van der Waals surface area contributed by atoms with Crippen molar-refractivity contribution in [2.75, 3.05) is 0 Å². The quantitative estimate of drug-likeness (QED) is 0.721. The van der Waals surface area contributed by atoms with Crippen molar-refractivity contribution in [2.45, 2.75) is 6.61 Å². The molecule has 0 aliphatic rings. The summed E-state index contributed by atoms with van der Waals surface area (Å²) >= 11 is 0. The van der Waals surface area contributed by atoms with Crippen LogP contribution in [0.15, 0.2) is 59.2 Å². The molecule has 3 rings (SSSR count). The Morgan fingerprint density at radius 2 is 1.81 bits per heavy atom. The lowest BCUT2D eigenvalue weighted by Crippen LogP contribution is -1.96. The van der Waals surface area contributed by atoms with E-state index in [-0.39, 0.29) is 12.4 Å². The minimum atomic E-state index is -0.947. The highest BCUT2D eigenvalue weighted by atomic mass is 19.2. The highest BCUT2D eigenvalue weighted by Crippen LogP contribution is 2.20. The first-order valence-electron chi connectivity index (χ1n) is 6.30. The maximum absolute atomic E-state index is 13.0. The van der Waals surface area contributed by atoms with Crippen molar-refractivity contribution in [3.63, 3.8) is 0 Å². The van der Waals surface area contributed by atoms with Gasteiger partial charge in [-0.1, -0.05) is 18.2 Å². The molecule has 3 nitrogen and oxygen atoms in total. The maximum Gasteiger partial charge on any atom is 0.226 e. The van der Waals surface area contributed by atoms with Gasteiger partial charge in [-0.3, -0.25) is 0 Å². The average Bonchev–Trinajstić information content (AvgIpc) is 2.98. The fraction of sp³-hybridized carbons (Fsp3) is 0.0625. The number of nitrogens with zero attached hydrogens (tertiary/aromatic N) is 1. The van der Waals surface area contributed by atoms with Crippen LogP contribution in [0.25, 0.3) is 11.5 Å². The summed E-state index contributed by atoms with van der Waals surface area (Å²) in [5.74, 6) is -1.13. The van der Waals surface area contributed by atoms with Gasteiger partial charge in [0.1, 0.15) is 24.3 Å². The molecule has 0 saturated heterocycles. The number of benzene rings is 2. The number of rotatable bonds is 4. The Kier molecular flexibility index (Phi) is 3.64. The number of halogens is 2. The van der Waals surface area contributed by atoms with Crippen molar-refractivity contribution in [1.29, 1.82) is 0 Å². The molecule has 0 bridgehead atoms. The van der Waals surface area contributed by atoms with E-state index >= 15 is 0 Å². The fourth-order valence-corrected chi connectivity index (χ4v) is 1.81. The molecular formula is C16H11F2NO2. The van der Waals surface area contributed by atoms with Crippen LogP contribution in [-0.2, 0) is 6.61 Å². The summed E-state index contributed by atoms with van der Waals surface area (Å²) in [6, 6.07) is 12.8. The van der Waals surface area contributed by atoms with Gasteiger partial charge in [0.2, 0.25) is 5.89 Å². The van der Waals surface area contributed by atoms with E-state index in [2.05, 4.69) is 4.98 Å². The number of ether oxygens (including phenoxy) is 1. The topological polar surface area (TPSA) is 35.3 Å². The lowest BCUT2D eigenvalue weighted by atomic mass is 10.2. The zero-order valence-electron chi connectivity index (χ0n) is 10.9. The van der Waals surface area contributed by atoms with Gasteiger partial charge in [0.05, 0.1) is 0 Å². The summed E-state index contributed by atoms with van der Waals surface area (Å²) < 4.78 is 36.5. The van der Waals surface area contributed by atoms with Crippen molar-refractivity contribution in [1.82, 2.24) is 4.98 Å². The molecule has 21 heavy (non-hydrogen) atoms. The zero-order valence-corrected chi connectivity index (χ0v) is 10.9. The molecule has 1 heterocycles. The Balaban J connectivity index is 1.69. The first-order valence-corrected chi connectivity index (χ1v) is 6.30. The first kappa shape index (κ1) is 13.3. The highest BCUT2D eigenvalue weighted by Gasteiger charge is 2.08. The molecule has 0 atom stereocenters. The maximum atomic E-state index is 13.0. The summed E-state index contributed by atoms with van der Waals surface area (Å²) in [4.78, 5) is 4.28. The summed E-state index contributed by atoms with van der Waals surface area (Å²) in [6.07, 6.45) is 1.47. The average molecular weight is 287 g/mol. The summed E-state index contributed by atoms with van der Waals surface area (Å²) in [6.45, 7) is 0.113. The van der Waals surface area contributed by atoms with Crippen molar-refractivity contribution >= 4 is 0 Å². The molecule has 0 N–H and O–H groups in total. The van der Waals surface area contributed by atoms with Crippen LogP contribution in [0.2, 0.25) is 0 Å². The second-order valence-corrected chi connectivity index (χ2v) is 4.37. The van der Waals surface area contributed by atoms with E-state index in [1.807, 2.05) is 30.3 Å². The van der Waals surface area contributed by atoms with Gasteiger partial charge in [0.15, 0.2) is 11.6 Å². The van der Waals surface area contributed by atoms with Crippen LogP contribution in [-0.4, -0.2) is 4.98 Å². The second kappa shape index (κ2) is 5.75. The van der Waals surface area contributed by atoms with Crippen LogP contribution in [0.5, 0.6) is 5.75 Å².